The zero-order valence-electron chi connectivity index (χ0n) is 17.7. The monoisotopic (exact) mass is 414 g/mol. The van der Waals surface area contributed by atoms with E-state index >= 15 is 0 Å². The molecule has 2 amide bonds. The molecule has 4 nitrogen and oxygen atoms in total. The Hall–Kier alpha value is -2.33. The molecule has 0 aromatic heterocycles. The number of carbonyl (C=O) groups is 2. The zero-order valence-corrected chi connectivity index (χ0v) is 18.5. The Labute approximate surface area is 179 Å². The highest BCUT2D eigenvalue weighted by atomic mass is 35.5. The van der Waals surface area contributed by atoms with Crippen molar-refractivity contribution in [1.82, 2.24) is 10.2 Å². The summed E-state index contributed by atoms with van der Waals surface area (Å²) in [7, 11) is 0. The number of aryl methyl sites for hydroxylation is 1. The van der Waals surface area contributed by atoms with Crippen LogP contribution in [0.25, 0.3) is 0 Å². The summed E-state index contributed by atoms with van der Waals surface area (Å²) in [5.74, 6) is 0.143. The predicted octanol–water partition coefficient (Wildman–Crippen LogP) is 4.77. The summed E-state index contributed by atoms with van der Waals surface area (Å²) in [6.45, 7) is 8.92. The summed E-state index contributed by atoms with van der Waals surface area (Å²) in [6.07, 6.45) is 0.786. The van der Waals surface area contributed by atoms with Crippen LogP contribution < -0.4 is 5.32 Å². The van der Waals surface area contributed by atoms with Crippen molar-refractivity contribution in [2.75, 3.05) is 6.54 Å². The van der Waals surface area contributed by atoms with Gasteiger partial charge in [0.05, 0.1) is 6.42 Å². The summed E-state index contributed by atoms with van der Waals surface area (Å²) in [6, 6.07) is 14.8. The summed E-state index contributed by atoms with van der Waals surface area (Å²) in [5, 5.41) is 3.57. The van der Waals surface area contributed by atoms with Crippen LogP contribution in [-0.4, -0.2) is 29.3 Å². The van der Waals surface area contributed by atoms with Gasteiger partial charge in [0.15, 0.2) is 0 Å². The average molecular weight is 415 g/mol. The van der Waals surface area contributed by atoms with Crippen molar-refractivity contribution in [3.8, 4) is 0 Å². The summed E-state index contributed by atoms with van der Waals surface area (Å²) >= 11 is 6.35. The van der Waals surface area contributed by atoms with Crippen LogP contribution >= 0.6 is 11.6 Å². The van der Waals surface area contributed by atoms with Gasteiger partial charge < -0.3 is 10.2 Å². The molecular weight excluding hydrogens is 384 g/mol. The molecule has 2 aromatic rings. The Morgan fingerprint density at radius 2 is 1.83 bits per heavy atom. The van der Waals surface area contributed by atoms with E-state index in [0.29, 0.717) is 30.5 Å². The van der Waals surface area contributed by atoms with Crippen LogP contribution in [-0.2, 0) is 22.6 Å². The van der Waals surface area contributed by atoms with E-state index in [0.717, 1.165) is 16.7 Å². The van der Waals surface area contributed by atoms with Crippen LogP contribution in [0.4, 0.5) is 0 Å². The van der Waals surface area contributed by atoms with Gasteiger partial charge in [0.2, 0.25) is 11.8 Å². The van der Waals surface area contributed by atoms with Gasteiger partial charge in [-0.3, -0.25) is 9.59 Å². The fourth-order valence-electron chi connectivity index (χ4n) is 3.25. The topological polar surface area (TPSA) is 49.4 Å². The van der Waals surface area contributed by atoms with Gasteiger partial charge in [0.1, 0.15) is 6.04 Å². The number of rotatable bonds is 9. The minimum atomic E-state index is -0.540. The van der Waals surface area contributed by atoms with Crippen molar-refractivity contribution < 1.29 is 9.59 Å². The second-order valence-electron chi connectivity index (χ2n) is 7.84. The first-order chi connectivity index (χ1) is 13.8. The van der Waals surface area contributed by atoms with Crippen LogP contribution in [0.3, 0.4) is 0 Å². The molecule has 0 aliphatic rings. The molecule has 0 spiro atoms. The highest BCUT2D eigenvalue weighted by Gasteiger charge is 2.29. The third-order valence-corrected chi connectivity index (χ3v) is 5.18. The molecule has 0 saturated heterocycles. The predicted molar refractivity (Wildman–Crippen MR) is 119 cm³/mol. The molecular formula is C24H31ClN2O2. The maximum absolute atomic E-state index is 13.3. The van der Waals surface area contributed by atoms with Crippen molar-refractivity contribution in [3.63, 3.8) is 0 Å². The molecule has 156 valence electrons. The zero-order chi connectivity index (χ0) is 21.4. The van der Waals surface area contributed by atoms with Gasteiger partial charge in [-0.25, -0.2) is 0 Å². The summed E-state index contributed by atoms with van der Waals surface area (Å²) in [4.78, 5) is 27.8. The fourth-order valence-corrected chi connectivity index (χ4v) is 3.45. The molecule has 0 saturated carbocycles. The number of nitrogens with zero attached hydrogens (tertiary/aromatic N) is 1. The molecule has 1 unspecified atom stereocenters. The lowest BCUT2D eigenvalue weighted by Crippen LogP contribution is -2.50. The van der Waals surface area contributed by atoms with E-state index in [1.54, 1.807) is 11.0 Å². The first-order valence-corrected chi connectivity index (χ1v) is 10.6. The van der Waals surface area contributed by atoms with Crippen molar-refractivity contribution in [3.05, 3.63) is 70.2 Å². The molecule has 0 aliphatic carbocycles. The van der Waals surface area contributed by atoms with E-state index < -0.39 is 6.04 Å². The summed E-state index contributed by atoms with van der Waals surface area (Å²) in [5.41, 5.74) is 2.88. The molecule has 2 aromatic carbocycles. The molecule has 1 N–H and O–H groups in total. The molecule has 5 heteroatoms. The lowest BCUT2D eigenvalue weighted by atomic mass is 10.0. The van der Waals surface area contributed by atoms with Crippen molar-refractivity contribution in [2.24, 2.45) is 5.92 Å². The molecule has 0 bridgehead atoms. The Morgan fingerprint density at radius 1 is 1.10 bits per heavy atom. The molecule has 1 atom stereocenters. The highest BCUT2D eigenvalue weighted by Crippen LogP contribution is 2.20. The number of halogens is 1. The second kappa shape index (κ2) is 11.0. The maximum Gasteiger partial charge on any atom is 0.242 e. The molecule has 2 rings (SSSR count). The third-order valence-electron chi connectivity index (χ3n) is 4.81. The van der Waals surface area contributed by atoms with Crippen LogP contribution in [0.15, 0.2) is 48.5 Å². The van der Waals surface area contributed by atoms with Gasteiger partial charge in [-0.2, -0.15) is 0 Å². The van der Waals surface area contributed by atoms with Gasteiger partial charge in [-0.15, -0.1) is 0 Å². The standard InChI is InChI=1S/C24H31ClN2O2/c1-5-22(24(29)26-15-17(2)3)27(16-20-11-6-7-12-21(20)25)23(28)14-19-10-8-9-18(4)13-19/h6-13,17,22H,5,14-16H2,1-4H3,(H,26,29). The third kappa shape index (κ3) is 6.90. The van der Waals surface area contributed by atoms with E-state index in [1.165, 1.54) is 0 Å². The molecule has 0 heterocycles. The molecule has 0 radical (unpaired) electrons. The summed E-state index contributed by atoms with van der Waals surface area (Å²) < 4.78 is 0. The van der Waals surface area contributed by atoms with Gasteiger partial charge in [-0.05, 0) is 36.5 Å². The number of nitrogens with one attached hydrogen (secondary N) is 1. The maximum atomic E-state index is 13.3. The Balaban J connectivity index is 2.29. The van der Waals surface area contributed by atoms with E-state index in [9.17, 15) is 9.59 Å². The van der Waals surface area contributed by atoms with E-state index in [1.807, 2.05) is 70.2 Å². The van der Waals surface area contributed by atoms with Crippen LogP contribution in [0, 0.1) is 12.8 Å². The molecule has 0 aliphatic heterocycles. The van der Waals surface area contributed by atoms with E-state index in [-0.39, 0.29) is 18.2 Å². The van der Waals surface area contributed by atoms with Gasteiger partial charge >= 0.3 is 0 Å². The fraction of sp³-hybridized carbons (Fsp3) is 0.417. The lowest BCUT2D eigenvalue weighted by molar-refractivity contribution is -0.141. The van der Waals surface area contributed by atoms with Gasteiger partial charge in [0.25, 0.3) is 0 Å². The Morgan fingerprint density at radius 3 is 2.45 bits per heavy atom. The highest BCUT2D eigenvalue weighted by molar-refractivity contribution is 6.31. The number of amides is 2. The van der Waals surface area contributed by atoms with E-state index in [4.69, 9.17) is 11.6 Å². The van der Waals surface area contributed by atoms with Crippen LogP contribution in [0.2, 0.25) is 5.02 Å². The van der Waals surface area contributed by atoms with Gasteiger partial charge in [0, 0.05) is 18.1 Å². The minimum absolute atomic E-state index is 0.0814. The largest absolute Gasteiger partial charge is 0.354 e. The SMILES string of the molecule is CCC(C(=O)NCC(C)C)N(Cc1ccccc1Cl)C(=O)Cc1cccc(C)c1. The number of carbonyl (C=O) groups excluding carboxylic acids is 2. The first-order valence-electron chi connectivity index (χ1n) is 10.2. The number of hydrogen-bond donors (Lipinski definition) is 1. The van der Waals surface area contributed by atoms with Crippen molar-refractivity contribution >= 4 is 23.4 Å². The number of hydrogen-bond acceptors (Lipinski definition) is 2. The Bertz CT molecular complexity index is 835. The smallest absolute Gasteiger partial charge is 0.242 e. The quantitative estimate of drug-likeness (QED) is 0.642. The van der Waals surface area contributed by atoms with Crippen LogP contribution in [0.5, 0.6) is 0 Å². The van der Waals surface area contributed by atoms with Crippen molar-refractivity contribution in [2.45, 2.75) is 53.1 Å². The first kappa shape index (κ1) is 23.0. The van der Waals surface area contributed by atoms with Crippen molar-refractivity contribution in [1.29, 1.82) is 0 Å². The molecule has 29 heavy (non-hydrogen) atoms. The Kier molecular flexibility index (Phi) is 8.71. The molecule has 0 fully saturated rings. The normalized spacial score (nSPS) is 11.9. The second-order valence-corrected chi connectivity index (χ2v) is 8.25. The number of benzene rings is 2. The minimum Gasteiger partial charge on any atom is -0.354 e. The van der Waals surface area contributed by atoms with Gasteiger partial charge in [-0.1, -0.05) is 80.4 Å². The van der Waals surface area contributed by atoms with Crippen LogP contribution in [0.1, 0.15) is 43.9 Å². The average Bonchev–Trinajstić information content (AvgIpc) is 2.67. The van der Waals surface area contributed by atoms with E-state index in [2.05, 4.69) is 5.32 Å². The lowest BCUT2D eigenvalue weighted by Gasteiger charge is -2.31.